The molecule has 0 bridgehead atoms. The zero-order valence-corrected chi connectivity index (χ0v) is 14.2. The highest BCUT2D eigenvalue weighted by atomic mass is 35.5. The predicted molar refractivity (Wildman–Crippen MR) is 91.7 cm³/mol. The molecule has 4 nitrogen and oxygen atoms in total. The Hall–Kier alpha value is -1.56. The van der Waals surface area contributed by atoms with Crippen LogP contribution < -0.4 is 11.2 Å². The summed E-state index contributed by atoms with van der Waals surface area (Å²) in [5.41, 5.74) is 0.830. The number of rotatable bonds is 2. The molecule has 1 N–H and O–H groups in total. The zero-order valence-electron chi connectivity index (χ0n) is 11.9. The predicted octanol–water partition coefficient (Wildman–Crippen LogP) is 3.72. The summed E-state index contributed by atoms with van der Waals surface area (Å²) in [6, 6.07) is 4.99. The van der Waals surface area contributed by atoms with Gasteiger partial charge in [0.2, 0.25) is 0 Å². The fourth-order valence-electron chi connectivity index (χ4n) is 2.33. The lowest BCUT2D eigenvalue weighted by Crippen LogP contribution is -2.35. The molecule has 0 radical (unpaired) electrons. The van der Waals surface area contributed by atoms with Crippen molar-refractivity contribution >= 4 is 44.8 Å². The number of thiophene rings is 1. The monoisotopic (exact) mass is 354 g/mol. The van der Waals surface area contributed by atoms with E-state index >= 15 is 0 Å². The fourth-order valence-corrected chi connectivity index (χ4v) is 3.84. The summed E-state index contributed by atoms with van der Waals surface area (Å²) in [7, 11) is 0. The molecule has 0 amide bonds. The first-order chi connectivity index (χ1) is 10.4. The van der Waals surface area contributed by atoms with Crippen molar-refractivity contribution < 1.29 is 0 Å². The second-order valence-corrected chi connectivity index (χ2v) is 7.11. The van der Waals surface area contributed by atoms with Crippen LogP contribution in [0.1, 0.15) is 16.0 Å². The number of fused-ring (bicyclic) bond motifs is 1. The first-order valence-corrected chi connectivity index (χ1v) is 8.12. The van der Waals surface area contributed by atoms with Crippen LogP contribution in [-0.4, -0.2) is 9.55 Å². The lowest BCUT2D eigenvalue weighted by atomic mass is 10.2. The molecule has 0 spiro atoms. The molecule has 0 unspecified atom stereocenters. The fraction of sp³-hybridized carbons (Fsp3) is 0.200. The van der Waals surface area contributed by atoms with Crippen molar-refractivity contribution in [3.05, 3.63) is 65.1 Å². The highest BCUT2D eigenvalue weighted by Gasteiger charge is 2.15. The maximum absolute atomic E-state index is 12.6. The summed E-state index contributed by atoms with van der Waals surface area (Å²) in [5.74, 6) is 0. The zero-order chi connectivity index (χ0) is 16.0. The van der Waals surface area contributed by atoms with Crippen LogP contribution in [0, 0.1) is 13.8 Å². The van der Waals surface area contributed by atoms with Crippen molar-refractivity contribution in [2.45, 2.75) is 20.4 Å². The largest absolute Gasteiger partial charge is 0.329 e. The molecule has 1 aromatic carbocycles. The van der Waals surface area contributed by atoms with Gasteiger partial charge in [0.25, 0.3) is 5.56 Å². The van der Waals surface area contributed by atoms with Gasteiger partial charge in [0, 0.05) is 14.9 Å². The average Bonchev–Trinajstić information content (AvgIpc) is 2.72. The van der Waals surface area contributed by atoms with Crippen LogP contribution in [0.4, 0.5) is 0 Å². The average molecular weight is 355 g/mol. The number of aromatic amines is 1. The van der Waals surface area contributed by atoms with Gasteiger partial charge in [0.05, 0.1) is 11.9 Å². The minimum absolute atomic E-state index is 0.106. The Balaban J connectivity index is 2.21. The number of H-pyrrole nitrogens is 1. The van der Waals surface area contributed by atoms with Crippen molar-refractivity contribution in [1.29, 1.82) is 0 Å². The normalized spacial score (nSPS) is 11.3. The standard InChI is InChI=1S/C15H12Cl2N2O2S/c1-7-8(2)22-13-12(7)14(20)19(15(21)18-13)6-9-3-4-10(16)5-11(9)17/h3-5H,6H2,1-2H3,(H,18,21). The van der Waals surface area contributed by atoms with Gasteiger partial charge in [-0.25, -0.2) is 4.79 Å². The first kappa shape index (κ1) is 15.3. The summed E-state index contributed by atoms with van der Waals surface area (Å²) >= 11 is 13.4. The summed E-state index contributed by atoms with van der Waals surface area (Å²) in [4.78, 5) is 29.3. The van der Waals surface area contributed by atoms with Gasteiger partial charge in [-0.15, -0.1) is 11.3 Å². The Morgan fingerprint density at radius 3 is 2.64 bits per heavy atom. The molecule has 0 saturated carbocycles. The van der Waals surface area contributed by atoms with E-state index in [0.717, 1.165) is 15.0 Å². The molecule has 7 heteroatoms. The molecule has 0 aliphatic heterocycles. The molecular formula is C15H12Cl2N2O2S. The maximum Gasteiger partial charge on any atom is 0.329 e. The Morgan fingerprint density at radius 1 is 1.23 bits per heavy atom. The molecule has 0 saturated heterocycles. The Morgan fingerprint density at radius 2 is 1.95 bits per heavy atom. The molecule has 0 atom stereocenters. The molecule has 114 valence electrons. The summed E-state index contributed by atoms with van der Waals surface area (Å²) < 4.78 is 1.16. The van der Waals surface area contributed by atoms with Crippen LogP contribution in [0.5, 0.6) is 0 Å². The van der Waals surface area contributed by atoms with Crippen molar-refractivity contribution in [3.8, 4) is 0 Å². The number of hydrogen-bond acceptors (Lipinski definition) is 3. The van der Waals surface area contributed by atoms with Crippen LogP contribution in [0.25, 0.3) is 10.2 Å². The highest BCUT2D eigenvalue weighted by Crippen LogP contribution is 2.25. The van der Waals surface area contributed by atoms with E-state index in [0.29, 0.717) is 25.8 Å². The number of aryl methyl sites for hydroxylation is 2. The molecule has 0 aliphatic carbocycles. The molecule has 2 aromatic heterocycles. The number of hydrogen-bond donors (Lipinski definition) is 1. The van der Waals surface area contributed by atoms with Crippen LogP contribution in [0.2, 0.25) is 10.0 Å². The summed E-state index contributed by atoms with van der Waals surface area (Å²) in [6.45, 7) is 3.92. The van der Waals surface area contributed by atoms with E-state index in [1.54, 1.807) is 18.2 Å². The SMILES string of the molecule is Cc1sc2[nH]c(=O)n(Cc3ccc(Cl)cc3Cl)c(=O)c2c1C. The van der Waals surface area contributed by atoms with E-state index in [9.17, 15) is 9.59 Å². The van der Waals surface area contributed by atoms with E-state index in [4.69, 9.17) is 23.2 Å². The van der Waals surface area contributed by atoms with Gasteiger partial charge in [-0.3, -0.25) is 14.3 Å². The third kappa shape index (κ3) is 2.49. The quantitative estimate of drug-likeness (QED) is 0.762. The van der Waals surface area contributed by atoms with Gasteiger partial charge in [-0.05, 0) is 37.1 Å². The molecule has 3 rings (SSSR count). The summed E-state index contributed by atoms with van der Waals surface area (Å²) in [5, 5.41) is 1.50. The third-order valence-corrected chi connectivity index (χ3v) is 5.36. The third-order valence-electron chi connectivity index (χ3n) is 3.65. The van der Waals surface area contributed by atoms with Crippen molar-refractivity contribution in [1.82, 2.24) is 9.55 Å². The molecule has 2 heterocycles. The smallest absolute Gasteiger partial charge is 0.298 e. The van der Waals surface area contributed by atoms with E-state index < -0.39 is 5.69 Å². The number of aromatic nitrogens is 2. The number of halogens is 2. The first-order valence-electron chi connectivity index (χ1n) is 6.55. The topological polar surface area (TPSA) is 54.9 Å². The minimum atomic E-state index is -0.440. The van der Waals surface area contributed by atoms with E-state index in [1.165, 1.54) is 11.3 Å². The van der Waals surface area contributed by atoms with Gasteiger partial charge in [0.15, 0.2) is 0 Å². The lowest BCUT2D eigenvalue weighted by molar-refractivity contribution is 0.712. The van der Waals surface area contributed by atoms with E-state index in [1.807, 2.05) is 13.8 Å². The molecular weight excluding hydrogens is 343 g/mol. The number of nitrogens with zero attached hydrogens (tertiary/aromatic N) is 1. The van der Waals surface area contributed by atoms with Gasteiger partial charge in [-0.2, -0.15) is 0 Å². The number of benzene rings is 1. The highest BCUT2D eigenvalue weighted by molar-refractivity contribution is 7.18. The van der Waals surface area contributed by atoms with E-state index in [-0.39, 0.29) is 12.1 Å². The van der Waals surface area contributed by atoms with Gasteiger partial charge in [-0.1, -0.05) is 29.3 Å². The Kier molecular flexibility index (Phi) is 3.89. The minimum Gasteiger partial charge on any atom is -0.298 e. The molecule has 3 aromatic rings. The second kappa shape index (κ2) is 5.57. The van der Waals surface area contributed by atoms with E-state index in [2.05, 4.69) is 4.98 Å². The van der Waals surface area contributed by atoms with Gasteiger partial charge < -0.3 is 0 Å². The van der Waals surface area contributed by atoms with Crippen molar-refractivity contribution in [2.24, 2.45) is 0 Å². The van der Waals surface area contributed by atoms with Crippen LogP contribution in [0.3, 0.4) is 0 Å². The second-order valence-electron chi connectivity index (χ2n) is 5.04. The molecule has 0 aliphatic rings. The van der Waals surface area contributed by atoms with Gasteiger partial charge >= 0.3 is 5.69 Å². The maximum atomic E-state index is 12.6. The Bertz CT molecular complexity index is 1000. The summed E-state index contributed by atoms with van der Waals surface area (Å²) in [6.07, 6.45) is 0. The number of nitrogens with one attached hydrogen (secondary N) is 1. The van der Waals surface area contributed by atoms with Gasteiger partial charge in [0.1, 0.15) is 4.83 Å². The van der Waals surface area contributed by atoms with Crippen LogP contribution >= 0.6 is 34.5 Å². The van der Waals surface area contributed by atoms with Crippen molar-refractivity contribution in [3.63, 3.8) is 0 Å². The molecule has 22 heavy (non-hydrogen) atoms. The van der Waals surface area contributed by atoms with Crippen molar-refractivity contribution in [2.75, 3.05) is 0 Å². The molecule has 0 fully saturated rings. The Labute approximate surface area is 139 Å². The van der Waals surface area contributed by atoms with Crippen LogP contribution in [0.15, 0.2) is 27.8 Å². The lowest BCUT2D eigenvalue weighted by Gasteiger charge is -2.07. The van der Waals surface area contributed by atoms with Crippen LogP contribution in [-0.2, 0) is 6.54 Å².